The summed E-state index contributed by atoms with van der Waals surface area (Å²) in [5.41, 5.74) is 7.19. The summed E-state index contributed by atoms with van der Waals surface area (Å²) >= 11 is 3.33. The van der Waals surface area contributed by atoms with Gasteiger partial charge in [-0.2, -0.15) is 5.26 Å². The third-order valence-electron chi connectivity index (χ3n) is 3.60. The Hall–Kier alpha value is -3.31. The second-order valence-electron chi connectivity index (χ2n) is 5.78. The molecule has 0 aliphatic heterocycles. The number of nitrogens with one attached hydrogen (secondary N) is 1. The molecular formula is C20H18BrN3O4. The van der Waals surface area contributed by atoms with Crippen LogP contribution in [0.4, 0.5) is 5.69 Å². The van der Waals surface area contributed by atoms with Gasteiger partial charge in [-0.3, -0.25) is 9.59 Å². The van der Waals surface area contributed by atoms with Crippen LogP contribution in [0.5, 0.6) is 11.5 Å². The van der Waals surface area contributed by atoms with Crippen molar-refractivity contribution in [2.75, 3.05) is 19.0 Å². The molecule has 2 amide bonds. The van der Waals surface area contributed by atoms with Crippen LogP contribution in [-0.4, -0.2) is 25.5 Å². The lowest BCUT2D eigenvalue weighted by Gasteiger charge is -2.12. The van der Waals surface area contributed by atoms with Crippen molar-refractivity contribution in [1.29, 1.82) is 5.26 Å². The lowest BCUT2D eigenvalue weighted by Crippen LogP contribution is -2.20. The Balaban J connectivity index is 2.28. The number of nitrogens with zero attached hydrogens (tertiary/aromatic N) is 1. The maximum atomic E-state index is 12.4. The lowest BCUT2D eigenvalue weighted by atomic mass is 10.1. The summed E-state index contributed by atoms with van der Waals surface area (Å²) in [5, 5.41) is 12.1. The standard InChI is InChI=1S/C20H18BrN3O4/c1-12-3-5-15(6-4-12)24-20(26)14(10-22)7-13-8-16(21)19(17(9-13)27-2)28-11-18(23)25/h3-9H,11H2,1-2H3,(H2,23,25)(H,24,26)/b14-7+. The van der Waals surface area contributed by atoms with E-state index in [4.69, 9.17) is 15.2 Å². The molecular weight excluding hydrogens is 426 g/mol. The summed E-state index contributed by atoms with van der Waals surface area (Å²) in [6.45, 7) is 1.63. The van der Waals surface area contributed by atoms with Crippen LogP contribution in [-0.2, 0) is 9.59 Å². The van der Waals surface area contributed by atoms with E-state index in [0.29, 0.717) is 27.2 Å². The number of ether oxygens (including phenoxy) is 2. The average molecular weight is 444 g/mol. The highest BCUT2D eigenvalue weighted by Crippen LogP contribution is 2.37. The van der Waals surface area contributed by atoms with Crippen molar-refractivity contribution in [3.05, 3.63) is 57.6 Å². The molecule has 7 nitrogen and oxygen atoms in total. The molecule has 2 aromatic carbocycles. The number of hydrogen-bond donors (Lipinski definition) is 2. The molecule has 144 valence electrons. The Morgan fingerprint density at radius 3 is 2.54 bits per heavy atom. The van der Waals surface area contributed by atoms with E-state index in [1.165, 1.54) is 13.2 Å². The zero-order chi connectivity index (χ0) is 20.7. The second-order valence-corrected chi connectivity index (χ2v) is 6.63. The van der Waals surface area contributed by atoms with Crippen LogP contribution in [0.1, 0.15) is 11.1 Å². The Labute approximate surface area is 170 Å². The zero-order valence-corrected chi connectivity index (χ0v) is 16.9. The molecule has 0 atom stereocenters. The van der Waals surface area contributed by atoms with Crippen LogP contribution >= 0.6 is 15.9 Å². The quantitative estimate of drug-likeness (QED) is 0.503. The minimum absolute atomic E-state index is 0.0830. The Morgan fingerprint density at radius 1 is 1.29 bits per heavy atom. The number of nitriles is 1. The van der Waals surface area contributed by atoms with E-state index in [1.807, 2.05) is 25.1 Å². The Morgan fingerprint density at radius 2 is 1.96 bits per heavy atom. The fourth-order valence-electron chi connectivity index (χ4n) is 2.26. The van der Waals surface area contributed by atoms with E-state index < -0.39 is 11.8 Å². The highest BCUT2D eigenvalue weighted by Gasteiger charge is 2.14. The molecule has 0 aliphatic rings. The molecule has 0 unspecified atom stereocenters. The first-order valence-corrected chi connectivity index (χ1v) is 8.91. The van der Waals surface area contributed by atoms with E-state index in [-0.39, 0.29) is 12.2 Å². The van der Waals surface area contributed by atoms with Crippen molar-refractivity contribution >= 4 is 39.5 Å². The van der Waals surface area contributed by atoms with Gasteiger partial charge in [0.15, 0.2) is 18.1 Å². The number of anilines is 1. The van der Waals surface area contributed by atoms with Crippen LogP contribution in [0.3, 0.4) is 0 Å². The number of hydrogen-bond acceptors (Lipinski definition) is 5. The summed E-state index contributed by atoms with van der Waals surface area (Å²) in [6.07, 6.45) is 1.43. The van der Waals surface area contributed by atoms with Gasteiger partial charge in [0, 0.05) is 5.69 Å². The number of nitrogens with two attached hydrogens (primary N) is 1. The van der Waals surface area contributed by atoms with E-state index in [0.717, 1.165) is 5.56 Å². The number of halogens is 1. The van der Waals surface area contributed by atoms with Crippen molar-refractivity contribution < 1.29 is 19.1 Å². The van der Waals surface area contributed by atoms with Crippen molar-refractivity contribution in [3.63, 3.8) is 0 Å². The van der Waals surface area contributed by atoms with Gasteiger partial charge in [0.1, 0.15) is 11.6 Å². The van der Waals surface area contributed by atoms with Crippen molar-refractivity contribution in [1.82, 2.24) is 0 Å². The third kappa shape index (κ3) is 5.59. The van der Waals surface area contributed by atoms with E-state index in [2.05, 4.69) is 21.2 Å². The molecule has 3 N–H and O–H groups in total. The zero-order valence-electron chi connectivity index (χ0n) is 15.3. The molecule has 0 aliphatic carbocycles. The summed E-state index contributed by atoms with van der Waals surface area (Å²) in [5.74, 6) is -0.549. The molecule has 0 aromatic heterocycles. The third-order valence-corrected chi connectivity index (χ3v) is 4.19. The number of rotatable bonds is 7. The van der Waals surface area contributed by atoms with Gasteiger partial charge in [-0.25, -0.2) is 0 Å². The lowest BCUT2D eigenvalue weighted by molar-refractivity contribution is -0.120. The maximum Gasteiger partial charge on any atom is 0.266 e. The van der Waals surface area contributed by atoms with Gasteiger partial charge in [0.05, 0.1) is 11.6 Å². The van der Waals surface area contributed by atoms with Crippen LogP contribution in [0.15, 0.2) is 46.4 Å². The average Bonchev–Trinajstić information content (AvgIpc) is 2.66. The SMILES string of the molecule is COc1cc(/C=C(\C#N)C(=O)Nc2ccc(C)cc2)cc(Br)c1OCC(N)=O. The van der Waals surface area contributed by atoms with Crippen LogP contribution in [0.2, 0.25) is 0 Å². The molecule has 28 heavy (non-hydrogen) atoms. The summed E-state index contributed by atoms with van der Waals surface area (Å²) in [6, 6.07) is 12.3. The molecule has 8 heteroatoms. The monoisotopic (exact) mass is 443 g/mol. The van der Waals surface area contributed by atoms with Crippen LogP contribution in [0.25, 0.3) is 6.08 Å². The van der Waals surface area contributed by atoms with Crippen LogP contribution < -0.4 is 20.5 Å². The Kier molecular flexibility index (Phi) is 7.18. The van der Waals surface area contributed by atoms with Gasteiger partial charge in [0.25, 0.3) is 11.8 Å². The molecule has 0 bridgehead atoms. The minimum atomic E-state index is -0.627. The number of aryl methyl sites for hydroxylation is 1. The summed E-state index contributed by atoms with van der Waals surface area (Å²) < 4.78 is 11.1. The van der Waals surface area contributed by atoms with Crippen molar-refractivity contribution in [2.45, 2.75) is 6.92 Å². The van der Waals surface area contributed by atoms with E-state index >= 15 is 0 Å². The highest BCUT2D eigenvalue weighted by molar-refractivity contribution is 9.10. The first-order chi connectivity index (χ1) is 13.3. The molecule has 0 heterocycles. The van der Waals surface area contributed by atoms with Gasteiger partial charge in [-0.05, 0) is 58.8 Å². The summed E-state index contributed by atoms with van der Waals surface area (Å²) in [4.78, 5) is 23.3. The normalized spacial score (nSPS) is 10.7. The van der Waals surface area contributed by atoms with Crippen molar-refractivity contribution in [2.24, 2.45) is 5.73 Å². The Bertz CT molecular complexity index is 963. The number of methoxy groups -OCH3 is 1. The molecule has 2 aromatic rings. The summed E-state index contributed by atoms with van der Waals surface area (Å²) in [7, 11) is 1.43. The van der Waals surface area contributed by atoms with Gasteiger partial charge in [-0.1, -0.05) is 17.7 Å². The molecule has 0 radical (unpaired) electrons. The number of primary amides is 1. The largest absolute Gasteiger partial charge is 0.493 e. The molecule has 0 fully saturated rings. The predicted molar refractivity (Wildman–Crippen MR) is 109 cm³/mol. The number of carbonyl (C=O) groups is 2. The smallest absolute Gasteiger partial charge is 0.266 e. The second kappa shape index (κ2) is 9.58. The van der Waals surface area contributed by atoms with E-state index in [1.54, 1.807) is 24.3 Å². The van der Waals surface area contributed by atoms with Crippen molar-refractivity contribution in [3.8, 4) is 17.6 Å². The van der Waals surface area contributed by atoms with Gasteiger partial charge in [-0.15, -0.1) is 0 Å². The fourth-order valence-corrected chi connectivity index (χ4v) is 2.83. The first kappa shape index (κ1) is 21.0. The number of amides is 2. The topological polar surface area (TPSA) is 114 Å². The molecule has 2 rings (SSSR count). The predicted octanol–water partition coefficient (Wildman–Crippen LogP) is 3.18. The van der Waals surface area contributed by atoms with Gasteiger partial charge in [0.2, 0.25) is 0 Å². The minimum Gasteiger partial charge on any atom is -0.493 e. The maximum absolute atomic E-state index is 12.4. The number of benzene rings is 2. The fraction of sp³-hybridized carbons (Fsp3) is 0.150. The number of carbonyl (C=O) groups excluding carboxylic acids is 2. The van der Waals surface area contributed by atoms with E-state index in [9.17, 15) is 14.9 Å². The molecule has 0 saturated carbocycles. The molecule has 0 saturated heterocycles. The van der Waals surface area contributed by atoms with Gasteiger partial charge < -0.3 is 20.5 Å². The van der Waals surface area contributed by atoms with Gasteiger partial charge >= 0.3 is 0 Å². The molecule has 0 spiro atoms. The first-order valence-electron chi connectivity index (χ1n) is 8.12. The van der Waals surface area contributed by atoms with Crippen LogP contribution in [0, 0.1) is 18.3 Å². The highest BCUT2D eigenvalue weighted by atomic mass is 79.9.